The highest BCUT2D eigenvalue weighted by Gasteiger charge is 2.36. The highest BCUT2D eigenvalue weighted by molar-refractivity contribution is 5.63. The first-order valence-electron chi connectivity index (χ1n) is 5.75. The van der Waals surface area contributed by atoms with E-state index < -0.39 is 42.5 Å². The van der Waals surface area contributed by atoms with Crippen molar-refractivity contribution >= 4 is 17.9 Å². The number of ether oxygens (including phenoxy) is 1. The SMILES string of the molecule is CC(=O)O.CC(=O)O.CC(=O)O.OC1OC[C@@H](O)[C@H](O)[C@H]1O. The van der Waals surface area contributed by atoms with Gasteiger partial charge in [-0.1, -0.05) is 0 Å². The molecule has 0 aliphatic carbocycles. The van der Waals surface area contributed by atoms with E-state index in [0.717, 1.165) is 20.8 Å². The first-order valence-corrected chi connectivity index (χ1v) is 5.75. The molecule has 0 radical (unpaired) electrons. The average molecular weight is 330 g/mol. The summed E-state index contributed by atoms with van der Waals surface area (Å²) in [5, 5.41) is 57.5. The van der Waals surface area contributed by atoms with Gasteiger partial charge in [-0.05, 0) is 0 Å². The van der Waals surface area contributed by atoms with Gasteiger partial charge in [0.25, 0.3) is 17.9 Å². The Hall–Kier alpha value is -1.79. The van der Waals surface area contributed by atoms with Crippen molar-refractivity contribution in [3.05, 3.63) is 0 Å². The van der Waals surface area contributed by atoms with Gasteiger partial charge in [-0.15, -0.1) is 0 Å². The van der Waals surface area contributed by atoms with Crippen molar-refractivity contribution in [2.24, 2.45) is 0 Å². The van der Waals surface area contributed by atoms with E-state index in [1.807, 2.05) is 0 Å². The zero-order valence-electron chi connectivity index (χ0n) is 12.3. The number of rotatable bonds is 0. The largest absolute Gasteiger partial charge is 0.481 e. The van der Waals surface area contributed by atoms with E-state index in [4.69, 9.17) is 50.1 Å². The van der Waals surface area contributed by atoms with Crippen LogP contribution in [-0.4, -0.2) is 84.9 Å². The quantitative estimate of drug-likeness (QED) is 0.251. The molecule has 11 heteroatoms. The third-order valence-electron chi connectivity index (χ3n) is 1.47. The molecular weight excluding hydrogens is 308 g/mol. The Morgan fingerprint density at radius 3 is 1.27 bits per heavy atom. The Balaban J connectivity index is -0.000000253. The van der Waals surface area contributed by atoms with Crippen molar-refractivity contribution in [1.29, 1.82) is 0 Å². The van der Waals surface area contributed by atoms with E-state index in [0.29, 0.717) is 0 Å². The van der Waals surface area contributed by atoms with Gasteiger partial charge in [0, 0.05) is 20.8 Å². The van der Waals surface area contributed by atoms with Crippen molar-refractivity contribution in [1.82, 2.24) is 0 Å². The van der Waals surface area contributed by atoms with Crippen LogP contribution in [0.5, 0.6) is 0 Å². The number of hydrogen-bond acceptors (Lipinski definition) is 8. The second-order valence-electron chi connectivity index (χ2n) is 3.83. The fourth-order valence-electron chi connectivity index (χ4n) is 0.791. The Kier molecular flexibility index (Phi) is 16.2. The third kappa shape index (κ3) is 23.3. The van der Waals surface area contributed by atoms with Gasteiger partial charge in [-0.3, -0.25) is 14.4 Å². The Morgan fingerprint density at radius 2 is 1.05 bits per heavy atom. The fourth-order valence-corrected chi connectivity index (χ4v) is 0.791. The molecule has 0 saturated carbocycles. The Labute approximate surface area is 126 Å². The highest BCUT2D eigenvalue weighted by atomic mass is 16.6. The zero-order valence-corrected chi connectivity index (χ0v) is 12.3. The van der Waals surface area contributed by atoms with Gasteiger partial charge in [0.05, 0.1) is 6.61 Å². The van der Waals surface area contributed by atoms with Gasteiger partial charge < -0.3 is 40.5 Å². The topological polar surface area (TPSA) is 202 Å². The number of carbonyl (C=O) groups is 3. The summed E-state index contributed by atoms with van der Waals surface area (Å²) in [4.78, 5) is 27.0. The number of aliphatic carboxylic acids is 3. The molecule has 0 aromatic carbocycles. The van der Waals surface area contributed by atoms with Crippen LogP contribution in [0.2, 0.25) is 0 Å². The molecule has 1 rings (SSSR count). The zero-order chi connectivity index (χ0) is 18.5. The van der Waals surface area contributed by atoms with Crippen molar-refractivity contribution in [2.45, 2.75) is 45.4 Å². The molecule has 7 N–H and O–H groups in total. The summed E-state index contributed by atoms with van der Waals surface area (Å²) in [6, 6.07) is 0. The summed E-state index contributed by atoms with van der Waals surface area (Å²) in [6.45, 7) is 3.10. The van der Waals surface area contributed by atoms with Gasteiger partial charge >= 0.3 is 0 Å². The molecule has 4 atom stereocenters. The van der Waals surface area contributed by atoms with Gasteiger partial charge in [0.2, 0.25) is 0 Å². The monoisotopic (exact) mass is 330 g/mol. The number of aliphatic hydroxyl groups is 4. The summed E-state index contributed by atoms with van der Waals surface area (Å²) < 4.78 is 4.47. The normalized spacial score (nSPS) is 25.8. The van der Waals surface area contributed by atoms with E-state index in [1.165, 1.54) is 0 Å². The van der Waals surface area contributed by atoms with Crippen LogP contribution in [0.4, 0.5) is 0 Å². The minimum atomic E-state index is -1.41. The van der Waals surface area contributed by atoms with Crippen molar-refractivity contribution < 1.29 is 54.9 Å². The van der Waals surface area contributed by atoms with Crippen LogP contribution in [-0.2, 0) is 19.1 Å². The summed E-state index contributed by atoms with van der Waals surface area (Å²) in [6.07, 6.45) is -5.23. The molecule has 11 nitrogen and oxygen atoms in total. The second kappa shape index (κ2) is 14.2. The Bertz CT molecular complexity index is 275. The van der Waals surface area contributed by atoms with E-state index in [9.17, 15) is 0 Å². The van der Waals surface area contributed by atoms with E-state index in [2.05, 4.69) is 4.74 Å². The lowest BCUT2D eigenvalue weighted by molar-refractivity contribution is -0.252. The number of carboxylic acids is 3. The van der Waals surface area contributed by atoms with Crippen LogP contribution in [0.25, 0.3) is 0 Å². The summed E-state index contributed by atoms with van der Waals surface area (Å²) >= 11 is 0. The maximum atomic E-state index is 9.00. The lowest BCUT2D eigenvalue weighted by atomic mass is 10.1. The number of carboxylic acid groups (broad SMARTS) is 3. The summed E-state index contributed by atoms with van der Waals surface area (Å²) in [7, 11) is 0. The summed E-state index contributed by atoms with van der Waals surface area (Å²) in [5.74, 6) is -2.50. The molecule has 0 amide bonds. The van der Waals surface area contributed by atoms with Crippen molar-refractivity contribution in [3.63, 3.8) is 0 Å². The first kappa shape index (κ1) is 25.2. The van der Waals surface area contributed by atoms with Crippen LogP contribution in [0.3, 0.4) is 0 Å². The van der Waals surface area contributed by atoms with Crippen molar-refractivity contribution in [2.75, 3.05) is 6.61 Å². The van der Waals surface area contributed by atoms with Gasteiger partial charge in [0.15, 0.2) is 6.29 Å². The lowest BCUT2D eigenvalue weighted by Crippen LogP contribution is -2.52. The van der Waals surface area contributed by atoms with Crippen LogP contribution < -0.4 is 0 Å². The average Bonchev–Trinajstić information content (AvgIpc) is 2.29. The molecule has 1 aliphatic rings. The van der Waals surface area contributed by atoms with E-state index in [-0.39, 0.29) is 6.61 Å². The molecule has 22 heavy (non-hydrogen) atoms. The molecule has 1 heterocycles. The Morgan fingerprint density at radius 1 is 0.773 bits per heavy atom. The fraction of sp³-hybridized carbons (Fsp3) is 0.727. The molecule has 1 aliphatic heterocycles. The van der Waals surface area contributed by atoms with Gasteiger partial charge in [-0.2, -0.15) is 0 Å². The molecule has 0 aromatic rings. The van der Waals surface area contributed by atoms with Crippen LogP contribution in [0.1, 0.15) is 20.8 Å². The molecular formula is C11H22O11. The molecule has 0 bridgehead atoms. The van der Waals surface area contributed by atoms with Gasteiger partial charge in [0.1, 0.15) is 18.3 Å². The first-order chi connectivity index (χ1) is 9.82. The molecule has 0 spiro atoms. The molecule has 0 aromatic heterocycles. The van der Waals surface area contributed by atoms with Crippen LogP contribution in [0.15, 0.2) is 0 Å². The van der Waals surface area contributed by atoms with E-state index in [1.54, 1.807) is 0 Å². The second-order valence-corrected chi connectivity index (χ2v) is 3.83. The maximum absolute atomic E-state index is 9.00. The lowest BCUT2D eigenvalue weighted by Gasteiger charge is -2.31. The maximum Gasteiger partial charge on any atom is 0.300 e. The van der Waals surface area contributed by atoms with Crippen molar-refractivity contribution in [3.8, 4) is 0 Å². The van der Waals surface area contributed by atoms with Gasteiger partial charge in [-0.25, -0.2) is 0 Å². The predicted molar refractivity (Wildman–Crippen MR) is 69.9 cm³/mol. The number of hydrogen-bond donors (Lipinski definition) is 7. The standard InChI is InChI=1S/C5H10O5.3C2H4O2/c6-2-1-10-5(9)4(8)3(2)7;3*1-2(3)4/h2-9H,1H2;3*1H3,(H,3,4)/t2-,3+,4-,5?;;;/m1.../s1. The van der Waals surface area contributed by atoms with Crippen LogP contribution >= 0.6 is 0 Å². The van der Waals surface area contributed by atoms with Crippen LogP contribution in [0, 0.1) is 0 Å². The minimum Gasteiger partial charge on any atom is -0.481 e. The number of aliphatic hydroxyl groups excluding tert-OH is 4. The molecule has 132 valence electrons. The van der Waals surface area contributed by atoms with E-state index >= 15 is 0 Å². The predicted octanol–water partition coefficient (Wildman–Crippen LogP) is -2.31. The molecule has 1 fully saturated rings. The minimum absolute atomic E-state index is 0.153. The summed E-state index contributed by atoms with van der Waals surface area (Å²) in [5.41, 5.74) is 0. The smallest absolute Gasteiger partial charge is 0.300 e. The molecule has 1 unspecified atom stereocenters. The third-order valence-corrected chi connectivity index (χ3v) is 1.47. The highest BCUT2D eigenvalue weighted by Crippen LogP contribution is 2.12. The molecule has 1 saturated heterocycles.